The lowest BCUT2D eigenvalue weighted by Gasteiger charge is -2.38. The molecule has 0 aliphatic heterocycles. The van der Waals surface area contributed by atoms with Crippen LogP contribution in [-0.2, 0) is 14.3 Å². The molecular formula is C22H41NO4. The molecule has 0 N–H and O–H groups in total. The first-order valence-corrected chi connectivity index (χ1v) is 10.6. The number of esters is 1. The van der Waals surface area contributed by atoms with Crippen LogP contribution < -0.4 is 0 Å². The van der Waals surface area contributed by atoms with E-state index < -0.39 is 12.1 Å². The second kappa shape index (κ2) is 10.9. The van der Waals surface area contributed by atoms with Gasteiger partial charge in [0.15, 0.2) is 0 Å². The van der Waals surface area contributed by atoms with Crippen LogP contribution in [0, 0.1) is 29.6 Å². The fourth-order valence-electron chi connectivity index (χ4n) is 3.79. The fourth-order valence-corrected chi connectivity index (χ4v) is 3.79. The van der Waals surface area contributed by atoms with Gasteiger partial charge in [0.05, 0.1) is 6.61 Å². The Morgan fingerprint density at radius 3 is 2.19 bits per heavy atom. The Morgan fingerprint density at radius 1 is 1.04 bits per heavy atom. The van der Waals surface area contributed by atoms with Crippen LogP contribution in [0.15, 0.2) is 0 Å². The van der Waals surface area contributed by atoms with Crippen LogP contribution in [0.1, 0.15) is 74.1 Å². The maximum Gasteiger partial charge on any atom is 0.410 e. The first-order valence-electron chi connectivity index (χ1n) is 10.6. The van der Waals surface area contributed by atoms with E-state index >= 15 is 0 Å². The van der Waals surface area contributed by atoms with E-state index in [9.17, 15) is 9.59 Å². The second-order valence-corrected chi connectivity index (χ2v) is 9.53. The summed E-state index contributed by atoms with van der Waals surface area (Å²) in [7, 11) is 1.66. The van der Waals surface area contributed by atoms with Gasteiger partial charge >= 0.3 is 12.1 Å². The Morgan fingerprint density at radius 2 is 1.67 bits per heavy atom. The van der Waals surface area contributed by atoms with Crippen molar-refractivity contribution in [3.63, 3.8) is 0 Å². The van der Waals surface area contributed by atoms with Crippen LogP contribution in [0.3, 0.4) is 0 Å². The molecule has 1 saturated carbocycles. The average Bonchev–Trinajstić information content (AvgIpc) is 2.56. The molecule has 5 nitrogen and oxygen atoms in total. The number of carbonyl (C=O) groups is 2. The molecule has 0 heterocycles. The van der Waals surface area contributed by atoms with Crippen LogP contribution in [-0.4, -0.2) is 42.8 Å². The van der Waals surface area contributed by atoms with E-state index in [1.807, 2.05) is 27.7 Å². The molecule has 1 aliphatic carbocycles. The Balaban J connectivity index is 2.81. The van der Waals surface area contributed by atoms with Crippen molar-refractivity contribution >= 4 is 12.1 Å². The lowest BCUT2D eigenvalue weighted by Crippen LogP contribution is -2.47. The summed E-state index contributed by atoms with van der Waals surface area (Å²) in [6, 6.07) is -0.602. The Hall–Kier alpha value is -1.26. The molecule has 0 aromatic heterocycles. The molecule has 1 rings (SSSR count). The molecule has 0 aromatic rings. The van der Waals surface area contributed by atoms with Crippen LogP contribution in [0.4, 0.5) is 4.79 Å². The van der Waals surface area contributed by atoms with Crippen LogP contribution >= 0.6 is 0 Å². The molecule has 0 spiro atoms. The summed E-state index contributed by atoms with van der Waals surface area (Å²) in [6.07, 6.45) is 3.25. The average molecular weight is 384 g/mol. The largest absolute Gasteiger partial charge is 0.464 e. The Bertz CT molecular complexity index is 475. The molecule has 0 radical (unpaired) electrons. The normalized spacial score (nSPS) is 24.2. The summed E-state index contributed by atoms with van der Waals surface area (Å²) in [6.45, 7) is 15.0. The summed E-state index contributed by atoms with van der Waals surface area (Å²) in [4.78, 5) is 26.9. The van der Waals surface area contributed by atoms with Gasteiger partial charge in [-0.15, -0.1) is 0 Å². The maximum atomic E-state index is 12.8. The molecule has 27 heavy (non-hydrogen) atoms. The molecule has 5 heteroatoms. The quantitative estimate of drug-likeness (QED) is 0.545. The van der Waals surface area contributed by atoms with Crippen LogP contribution in [0.25, 0.3) is 0 Å². The van der Waals surface area contributed by atoms with E-state index in [-0.39, 0.29) is 23.9 Å². The third-order valence-corrected chi connectivity index (χ3v) is 5.49. The molecule has 158 valence electrons. The highest BCUT2D eigenvalue weighted by Crippen LogP contribution is 2.35. The maximum absolute atomic E-state index is 12.8. The van der Waals surface area contributed by atoms with Crippen molar-refractivity contribution in [2.24, 2.45) is 29.6 Å². The standard InChI is InChI=1S/C22H41NO4/c1-14(2)11-19(21(24)26-13-15(3)4)23(8)22(25)27-20-12-17(7)9-10-18(20)16(5)6/h14-20H,9-13H2,1-8H3. The summed E-state index contributed by atoms with van der Waals surface area (Å²) in [5.41, 5.74) is 0. The van der Waals surface area contributed by atoms with Crippen molar-refractivity contribution in [3.8, 4) is 0 Å². The predicted molar refractivity (Wildman–Crippen MR) is 108 cm³/mol. The molecular weight excluding hydrogens is 342 g/mol. The zero-order valence-corrected chi connectivity index (χ0v) is 18.7. The van der Waals surface area contributed by atoms with Crippen molar-refractivity contribution in [3.05, 3.63) is 0 Å². The molecule has 1 amide bonds. The minimum atomic E-state index is -0.602. The third-order valence-electron chi connectivity index (χ3n) is 5.49. The van der Waals surface area contributed by atoms with E-state index in [1.165, 1.54) is 11.3 Å². The van der Waals surface area contributed by atoms with E-state index in [1.54, 1.807) is 7.05 Å². The van der Waals surface area contributed by atoms with E-state index in [0.29, 0.717) is 30.8 Å². The van der Waals surface area contributed by atoms with Crippen LogP contribution in [0.5, 0.6) is 0 Å². The van der Waals surface area contributed by atoms with Gasteiger partial charge in [0.1, 0.15) is 12.1 Å². The molecule has 4 atom stereocenters. The lowest BCUT2D eigenvalue weighted by molar-refractivity contribution is -0.151. The highest BCUT2D eigenvalue weighted by atomic mass is 16.6. The smallest absolute Gasteiger partial charge is 0.410 e. The van der Waals surface area contributed by atoms with E-state index in [0.717, 1.165) is 12.8 Å². The number of amides is 1. The molecule has 1 aliphatic rings. The highest BCUT2D eigenvalue weighted by molar-refractivity contribution is 5.81. The summed E-state index contributed by atoms with van der Waals surface area (Å²) >= 11 is 0. The number of rotatable bonds is 8. The SMILES string of the molecule is CC(C)COC(=O)C(CC(C)C)N(C)C(=O)OC1CC(C)CCC1C(C)C. The van der Waals surface area contributed by atoms with Gasteiger partial charge in [-0.25, -0.2) is 9.59 Å². The van der Waals surface area contributed by atoms with Crippen molar-refractivity contribution in [1.29, 1.82) is 0 Å². The van der Waals surface area contributed by atoms with Crippen molar-refractivity contribution < 1.29 is 19.1 Å². The molecule has 1 fully saturated rings. The molecule has 0 saturated heterocycles. The number of nitrogens with zero attached hydrogens (tertiary/aromatic N) is 1. The van der Waals surface area contributed by atoms with E-state index in [4.69, 9.17) is 9.47 Å². The number of ether oxygens (including phenoxy) is 2. The predicted octanol–water partition coefficient (Wildman–Crippen LogP) is 5.13. The van der Waals surface area contributed by atoms with Gasteiger partial charge in [-0.2, -0.15) is 0 Å². The van der Waals surface area contributed by atoms with Gasteiger partial charge in [-0.3, -0.25) is 4.90 Å². The zero-order valence-electron chi connectivity index (χ0n) is 18.7. The van der Waals surface area contributed by atoms with Crippen molar-refractivity contribution in [2.75, 3.05) is 13.7 Å². The monoisotopic (exact) mass is 383 g/mol. The van der Waals surface area contributed by atoms with Gasteiger partial charge < -0.3 is 9.47 Å². The van der Waals surface area contributed by atoms with Gasteiger partial charge in [0.25, 0.3) is 0 Å². The Labute approximate surface area is 166 Å². The number of hydrogen-bond donors (Lipinski definition) is 0. The molecule has 4 unspecified atom stereocenters. The number of likely N-dealkylation sites (N-methyl/N-ethyl adjacent to an activating group) is 1. The Kier molecular flexibility index (Phi) is 9.61. The number of hydrogen-bond acceptors (Lipinski definition) is 4. The second-order valence-electron chi connectivity index (χ2n) is 9.53. The highest BCUT2D eigenvalue weighted by Gasteiger charge is 2.36. The first-order chi connectivity index (χ1) is 12.5. The topological polar surface area (TPSA) is 55.8 Å². The molecule has 0 aromatic carbocycles. The minimum absolute atomic E-state index is 0.0740. The number of carbonyl (C=O) groups excluding carboxylic acids is 2. The fraction of sp³-hybridized carbons (Fsp3) is 0.909. The summed E-state index contributed by atoms with van der Waals surface area (Å²) in [5, 5.41) is 0. The van der Waals surface area contributed by atoms with Gasteiger partial charge in [-0.1, -0.05) is 54.9 Å². The zero-order chi connectivity index (χ0) is 20.7. The van der Waals surface area contributed by atoms with Gasteiger partial charge in [-0.05, 0) is 48.9 Å². The molecule has 0 bridgehead atoms. The van der Waals surface area contributed by atoms with E-state index in [2.05, 4.69) is 20.8 Å². The van der Waals surface area contributed by atoms with Crippen molar-refractivity contribution in [1.82, 2.24) is 4.90 Å². The van der Waals surface area contributed by atoms with Gasteiger partial charge in [0.2, 0.25) is 0 Å². The minimum Gasteiger partial charge on any atom is -0.464 e. The summed E-state index contributed by atoms with van der Waals surface area (Å²) < 4.78 is 11.3. The lowest BCUT2D eigenvalue weighted by atomic mass is 9.75. The van der Waals surface area contributed by atoms with Gasteiger partial charge in [0, 0.05) is 7.05 Å². The summed E-state index contributed by atoms with van der Waals surface area (Å²) in [5.74, 6) is 1.62. The van der Waals surface area contributed by atoms with Crippen molar-refractivity contribution in [2.45, 2.75) is 86.3 Å². The third kappa shape index (κ3) is 7.71. The first kappa shape index (κ1) is 23.8. The van der Waals surface area contributed by atoms with Crippen LogP contribution in [0.2, 0.25) is 0 Å².